The van der Waals surface area contributed by atoms with Crippen molar-refractivity contribution in [2.75, 3.05) is 5.43 Å². The molecule has 6 rings (SSSR count). The number of pyridine rings is 1. The molecule has 0 fully saturated rings. The van der Waals surface area contributed by atoms with Gasteiger partial charge in [-0.15, -0.1) is 11.3 Å². The number of nitrogens with one attached hydrogen (secondary N) is 1. The van der Waals surface area contributed by atoms with Crippen molar-refractivity contribution in [3.8, 4) is 22.5 Å². The van der Waals surface area contributed by atoms with E-state index in [1.807, 2.05) is 47.0 Å². The molecule has 0 bridgehead atoms. The summed E-state index contributed by atoms with van der Waals surface area (Å²) in [5.41, 5.74) is 6.57. The topological polar surface area (TPSA) is 128 Å². The molecule has 180 valence electrons. The molecular weight excluding hydrogens is 492 g/mol. The third-order valence-corrected chi connectivity index (χ3v) is 6.43. The van der Waals surface area contributed by atoms with Crippen LogP contribution in [0, 0.1) is 10.1 Å². The Morgan fingerprint density at radius 1 is 1.05 bits per heavy atom. The van der Waals surface area contributed by atoms with Crippen LogP contribution in [0.25, 0.3) is 39.1 Å². The van der Waals surface area contributed by atoms with Crippen molar-refractivity contribution >= 4 is 45.0 Å². The number of para-hydroxylation sites is 1. The number of benzene rings is 2. The first-order valence-corrected chi connectivity index (χ1v) is 11.9. The molecule has 0 saturated carbocycles. The van der Waals surface area contributed by atoms with E-state index in [9.17, 15) is 14.9 Å². The molecule has 6 aromatic rings. The second-order valence-corrected chi connectivity index (χ2v) is 8.83. The molecule has 0 saturated heterocycles. The molecule has 11 heteroatoms. The Balaban J connectivity index is 1.30. The molecule has 0 unspecified atom stereocenters. The van der Waals surface area contributed by atoms with Crippen LogP contribution in [0.5, 0.6) is 0 Å². The number of nitrogens with zero attached hydrogens (tertiary/aromatic N) is 5. The highest BCUT2D eigenvalue weighted by molar-refractivity contribution is 7.14. The van der Waals surface area contributed by atoms with Gasteiger partial charge >= 0.3 is 5.63 Å². The lowest BCUT2D eigenvalue weighted by Crippen LogP contribution is -2.03. The first-order valence-electron chi connectivity index (χ1n) is 11.1. The number of rotatable bonds is 6. The molecule has 2 aromatic carbocycles. The van der Waals surface area contributed by atoms with Gasteiger partial charge < -0.3 is 4.42 Å². The lowest BCUT2D eigenvalue weighted by molar-refractivity contribution is -0.384. The van der Waals surface area contributed by atoms with E-state index >= 15 is 0 Å². The highest BCUT2D eigenvalue weighted by atomic mass is 32.1. The van der Waals surface area contributed by atoms with Crippen LogP contribution in [-0.4, -0.2) is 25.5 Å². The number of fused-ring (bicyclic) bond motifs is 2. The van der Waals surface area contributed by atoms with E-state index in [1.165, 1.54) is 23.5 Å². The zero-order valence-corrected chi connectivity index (χ0v) is 19.8. The number of non-ortho nitro benzene ring substituents is 1. The van der Waals surface area contributed by atoms with Gasteiger partial charge in [0.25, 0.3) is 5.69 Å². The van der Waals surface area contributed by atoms with Crippen LogP contribution < -0.4 is 11.1 Å². The SMILES string of the molecule is O=c1oc2ccccc2cc1-c1csc(N/N=C/c2c(-c3ccc([N+](=O)[O-])cc3)nc3ccccn23)n1. The Morgan fingerprint density at radius 2 is 1.86 bits per heavy atom. The van der Waals surface area contributed by atoms with Gasteiger partial charge in [-0.1, -0.05) is 24.3 Å². The van der Waals surface area contributed by atoms with Crippen molar-refractivity contribution in [1.82, 2.24) is 14.4 Å². The number of imidazole rings is 1. The summed E-state index contributed by atoms with van der Waals surface area (Å²) in [4.78, 5) is 32.2. The zero-order valence-electron chi connectivity index (χ0n) is 18.9. The number of nitro groups is 1. The fraction of sp³-hybridized carbons (Fsp3) is 0. The molecular formula is C26H16N6O4S. The summed E-state index contributed by atoms with van der Waals surface area (Å²) >= 11 is 1.30. The third kappa shape index (κ3) is 4.23. The molecule has 0 aliphatic carbocycles. The smallest absolute Gasteiger partial charge is 0.345 e. The van der Waals surface area contributed by atoms with Crippen molar-refractivity contribution < 1.29 is 9.34 Å². The van der Waals surface area contributed by atoms with Crippen LogP contribution in [0.1, 0.15) is 5.69 Å². The minimum atomic E-state index is -0.461. The maximum Gasteiger partial charge on any atom is 0.345 e. The number of anilines is 1. The molecule has 4 aromatic heterocycles. The van der Waals surface area contributed by atoms with E-state index < -0.39 is 10.5 Å². The molecule has 4 heterocycles. The normalized spacial score (nSPS) is 11.5. The lowest BCUT2D eigenvalue weighted by atomic mass is 10.1. The second-order valence-electron chi connectivity index (χ2n) is 7.97. The number of hydrazone groups is 1. The monoisotopic (exact) mass is 508 g/mol. The highest BCUT2D eigenvalue weighted by Gasteiger charge is 2.15. The number of thiazole rings is 1. The van der Waals surface area contributed by atoms with Crippen LogP contribution >= 0.6 is 11.3 Å². The number of hydrogen-bond acceptors (Lipinski definition) is 9. The molecule has 0 atom stereocenters. The first kappa shape index (κ1) is 22.3. The Hall–Kier alpha value is -5.16. The van der Waals surface area contributed by atoms with Gasteiger partial charge in [0.2, 0.25) is 5.13 Å². The fourth-order valence-corrected chi connectivity index (χ4v) is 4.59. The summed E-state index contributed by atoms with van der Waals surface area (Å²) < 4.78 is 7.29. The minimum absolute atomic E-state index is 0.00409. The average molecular weight is 509 g/mol. The van der Waals surface area contributed by atoms with Crippen molar-refractivity contribution in [2.45, 2.75) is 0 Å². The molecule has 0 aliphatic rings. The summed E-state index contributed by atoms with van der Waals surface area (Å²) in [6.07, 6.45) is 3.47. The Labute approximate surface area is 212 Å². The predicted molar refractivity (Wildman–Crippen MR) is 142 cm³/mol. The standard InChI is InChI=1S/C26H16N6O4S/c33-25-19(13-17-5-1-2-6-22(17)36-25)20-15-37-26(28-20)30-27-14-21-24(29-23-7-3-4-12-31(21)23)16-8-10-18(11-9-16)32(34)35/h1-15H,(H,28,30)/b27-14+. The van der Waals surface area contributed by atoms with Crippen LogP contribution in [0.4, 0.5) is 10.8 Å². The van der Waals surface area contributed by atoms with Crippen LogP contribution in [0.15, 0.2) is 98.7 Å². The Morgan fingerprint density at radius 3 is 2.70 bits per heavy atom. The van der Waals surface area contributed by atoms with Crippen LogP contribution in [0.2, 0.25) is 0 Å². The van der Waals surface area contributed by atoms with E-state index in [-0.39, 0.29) is 5.69 Å². The Bertz CT molecular complexity index is 1870. The molecule has 10 nitrogen and oxygen atoms in total. The maximum absolute atomic E-state index is 12.5. The predicted octanol–water partition coefficient (Wildman–Crippen LogP) is 5.59. The van der Waals surface area contributed by atoms with Crippen LogP contribution in [-0.2, 0) is 0 Å². The van der Waals surface area contributed by atoms with E-state index in [1.54, 1.807) is 35.9 Å². The highest BCUT2D eigenvalue weighted by Crippen LogP contribution is 2.27. The van der Waals surface area contributed by atoms with Crippen molar-refractivity contribution in [3.05, 3.63) is 111 Å². The minimum Gasteiger partial charge on any atom is -0.422 e. The van der Waals surface area contributed by atoms with Gasteiger partial charge in [0.05, 0.1) is 33.8 Å². The van der Waals surface area contributed by atoms with Gasteiger partial charge in [0, 0.05) is 34.7 Å². The van der Waals surface area contributed by atoms with Crippen LogP contribution in [0.3, 0.4) is 0 Å². The van der Waals surface area contributed by atoms with Crippen molar-refractivity contribution in [2.24, 2.45) is 5.10 Å². The maximum atomic E-state index is 12.5. The molecule has 0 radical (unpaired) electrons. The number of hydrogen-bond donors (Lipinski definition) is 1. The quantitative estimate of drug-likeness (QED) is 0.134. The van der Waals surface area contributed by atoms with E-state index in [2.05, 4.69) is 20.5 Å². The average Bonchev–Trinajstić information content (AvgIpc) is 3.53. The molecule has 37 heavy (non-hydrogen) atoms. The van der Waals surface area contributed by atoms with E-state index in [0.717, 1.165) is 10.9 Å². The summed E-state index contributed by atoms with van der Waals surface area (Å²) in [7, 11) is 0. The van der Waals surface area contributed by atoms with E-state index in [4.69, 9.17) is 4.42 Å². The molecule has 1 N–H and O–H groups in total. The molecule has 0 spiro atoms. The third-order valence-electron chi connectivity index (χ3n) is 5.69. The number of nitro benzene ring substituents is 1. The molecule has 0 amide bonds. The lowest BCUT2D eigenvalue weighted by Gasteiger charge is -2.01. The van der Waals surface area contributed by atoms with Crippen molar-refractivity contribution in [3.63, 3.8) is 0 Å². The summed E-state index contributed by atoms with van der Waals surface area (Å²) in [6.45, 7) is 0. The van der Waals surface area contributed by atoms with Gasteiger partial charge in [-0.05, 0) is 36.4 Å². The summed E-state index contributed by atoms with van der Waals surface area (Å²) in [5, 5.41) is 18.4. The van der Waals surface area contributed by atoms with Gasteiger partial charge in [-0.25, -0.2) is 14.8 Å². The van der Waals surface area contributed by atoms with Gasteiger partial charge in [0.15, 0.2) is 0 Å². The first-order chi connectivity index (χ1) is 18.1. The summed E-state index contributed by atoms with van der Waals surface area (Å²) in [6, 6.07) is 20.9. The van der Waals surface area contributed by atoms with Gasteiger partial charge in [0.1, 0.15) is 11.2 Å². The fourth-order valence-electron chi connectivity index (χ4n) is 3.93. The molecule has 0 aliphatic heterocycles. The van der Waals surface area contributed by atoms with Crippen molar-refractivity contribution in [1.29, 1.82) is 0 Å². The number of aromatic nitrogens is 3. The van der Waals surface area contributed by atoms with E-state index in [0.29, 0.717) is 39.0 Å². The summed E-state index contributed by atoms with van der Waals surface area (Å²) in [5.74, 6) is 0. The van der Waals surface area contributed by atoms with Gasteiger partial charge in [-0.2, -0.15) is 5.10 Å². The van der Waals surface area contributed by atoms with Gasteiger partial charge in [-0.3, -0.25) is 19.9 Å². The largest absolute Gasteiger partial charge is 0.422 e. The second kappa shape index (κ2) is 9.13. The zero-order chi connectivity index (χ0) is 25.4. The Kier molecular flexibility index (Phi) is 5.51.